The first-order valence-corrected chi connectivity index (χ1v) is 7.27. The van der Waals surface area contributed by atoms with Crippen LogP contribution in [0.5, 0.6) is 0 Å². The summed E-state index contributed by atoms with van der Waals surface area (Å²) in [6, 6.07) is 0. The molecule has 0 aliphatic heterocycles. The second-order valence-corrected chi connectivity index (χ2v) is 6.00. The summed E-state index contributed by atoms with van der Waals surface area (Å²) in [6.07, 6.45) is 3.66. The van der Waals surface area contributed by atoms with E-state index in [1.165, 1.54) is 0 Å². The second-order valence-electron chi connectivity index (χ2n) is 6.00. The van der Waals surface area contributed by atoms with Crippen LogP contribution in [0.25, 0.3) is 0 Å². The van der Waals surface area contributed by atoms with Gasteiger partial charge in [0, 0.05) is 18.9 Å². The van der Waals surface area contributed by atoms with Gasteiger partial charge in [-0.05, 0) is 25.2 Å². The third-order valence-electron chi connectivity index (χ3n) is 4.34. The maximum atomic E-state index is 11.8. The Labute approximate surface area is 118 Å². The van der Waals surface area contributed by atoms with Crippen molar-refractivity contribution in [3.05, 3.63) is 0 Å². The molecule has 2 rings (SSSR count). The molecular weight excluding hydrogens is 260 g/mol. The van der Waals surface area contributed by atoms with Crippen LogP contribution in [0.3, 0.4) is 0 Å². The topological polar surface area (TPSA) is 95.5 Å². The minimum absolute atomic E-state index is 0.000820. The van der Waals surface area contributed by atoms with E-state index < -0.39 is 11.5 Å². The highest BCUT2D eigenvalue weighted by Crippen LogP contribution is 2.37. The SMILES string of the molecule is CC1CC1C(=O)NCCC(=O)NC1(C(=O)O)CCCC1. The van der Waals surface area contributed by atoms with Gasteiger partial charge >= 0.3 is 5.97 Å². The van der Waals surface area contributed by atoms with E-state index in [1.54, 1.807) is 0 Å². The molecule has 6 heteroatoms. The summed E-state index contributed by atoms with van der Waals surface area (Å²) >= 11 is 0. The lowest BCUT2D eigenvalue weighted by molar-refractivity contribution is -0.147. The van der Waals surface area contributed by atoms with Crippen molar-refractivity contribution in [2.75, 3.05) is 6.54 Å². The monoisotopic (exact) mass is 282 g/mol. The van der Waals surface area contributed by atoms with Crippen LogP contribution in [0.1, 0.15) is 45.4 Å². The van der Waals surface area contributed by atoms with Crippen molar-refractivity contribution < 1.29 is 19.5 Å². The van der Waals surface area contributed by atoms with Gasteiger partial charge in [-0.2, -0.15) is 0 Å². The first-order valence-electron chi connectivity index (χ1n) is 7.27. The fourth-order valence-corrected chi connectivity index (χ4v) is 2.82. The molecule has 2 atom stereocenters. The summed E-state index contributed by atoms with van der Waals surface area (Å²) in [5, 5.41) is 14.6. The highest BCUT2D eigenvalue weighted by Gasteiger charge is 2.42. The molecule has 2 fully saturated rings. The van der Waals surface area contributed by atoms with E-state index >= 15 is 0 Å². The van der Waals surface area contributed by atoms with Crippen molar-refractivity contribution in [1.29, 1.82) is 0 Å². The largest absolute Gasteiger partial charge is 0.480 e. The number of nitrogens with one attached hydrogen (secondary N) is 2. The van der Waals surface area contributed by atoms with Crippen LogP contribution in [0, 0.1) is 11.8 Å². The summed E-state index contributed by atoms with van der Waals surface area (Å²) in [5.41, 5.74) is -1.09. The number of hydrogen-bond acceptors (Lipinski definition) is 3. The van der Waals surface area contributed by atoms with Gasteiger partial charge in [0.15, 0.2) is 0 Å². The highest BCUT2D eigenvalue weighted by atomic mass is 16.4. The molecule has 0 radical (unpaired) electrons. The van der Waals surface area contributed by atoms with Crippen LogP contribution < -0.4 is 10.6 Å². The molecule has 0 bridgehead atoms. The van der Waals surface area contributed by atoms with E-state index in [2.05, 4.69) is 10.6 Å². The Kier molecular flexibility index (Phi) is 4.30. The molecule has 0 heterocycles. The molecule has 112 valence electrons. The average molecular weight is 282 g/mol. The Morgan fingerprint density at radius 3 is 2.35 bits per heavy atom. The van der Waals surface area contributed by atoms with E-state index in [1.807, 2.05) is 6.92 Å². The van der Waals surface area contributed by atoms with Gasteiger partial charge in [-0.3, -0.25) is 9.59 Å². The number of carbonyl (C=O) groups is 3. The average Bonchev–Trinajstić information content (AvgIpc) is 2.92. The number of carboxylic acid groups (broad SMARTS) is 1. The Bertz CT molecular complexity index is 415. The third kappa shape index (κ3) is 3.29. The Balaban J connectivity index is 1.72. The maximum Gasteiger partial charge on any atom is 0.329 e. The lowest BCUT2D eigenvalue weighted by atomic mass is 9.97. The lowest BCUT2D eigenvalue weighted by Gasteiger charge is -2.25. The van der Waals surface area contributed by atoms with Crippen LogP contribution in [-0.4, -0.2) is 35.0 Å². The fourth-order valence-electron chi connectivity index (χ4n) is 2.82. The van der Waals surface area contributed by atoms with E-state index in [4.69, 9.17) is 0 Å². The van der Waals surface area contributed by atoms with Crippen LogP contribution in [0.4, 0.5) is 0 Å². The van der Waals surface area contributed by atoms with Crippen molar-refractivity contribution >= 4 is 17.8 Å². The molecule has 2 aliphatic carbocycles. The molecule has 2 amide bonds. The molecule has 0 aromatic heterocycles. The molecule has 2 saturated carbocycles. The zero-order valence-electron chi connectivity index (χ0n) is 11.8. The zero-order valence-corrected chi connectivity index (χ0v) is 11.8. The molecule has 3 N–H and O–H groups in total. The molecule has 2 aliphatic rings. The molecule has 2 unspecified atom stereocenters. The van der Waals surface area contributed by atoms with E-state index in [0.29, 0.717) is 18.8 Å². The minimum atomic E-state index is -1.09. The number of carboxylic acids is 1. The van der Waals surface area contributed by atoms with Crippen LogP contribution >= 0.6 is 0 Å². The van der Waals surface area contributed by atoms with Crippen molar-refractivity contribution in [3.63, 3.8) is 0 Å². The number of amides is 2. The minimum Gasteiger partial charge on any atom is -0.480 e. The van der Waals surface area contributed by atoms with E-state index in [9.17, 15) is 19.5 Å². The van der Waals surface area contributed by atoms with E-state index in [-0.39, 0.29) is 30.7 Å². The standard InChI is InChI=1S/C14H22N2O4/c1-9-8-10(9)12(18)15-7-4-11(17)16-14(13(19)20)5-2-3-6-14/h9-10H,2-8H2,1H3,(H,15,18)(H,16,17)(H,19,20). The van der Waals surface area contributed by atoms with Gasteiger partial charge < -0.3 is 15.7 Å². The summed E-state index contributed by atoms with van der Waals surface area (Å²) < 4.78 is 0. The van der Waals surface area contributed by atoms with Gasteiger partial charge in [-0.1, -0.05) is 19.8 Å². The van der Waals surface area contributed by atoms with Gasteiger partial charge in [0.2, 0.25) is 11.8 Å². The smallest absolute Gasteiger partial charge is 0.329 e. The Morgan fingerprint density at radius 1 is 1.25 bits per heavy atom. The van der Waals surface area contributed by atoms with E-state index in [0.717, 1.165) is 19.3 Å². The van der Waals surface area contributed by atoms with Gasteiger partial charge in [0.25, 0.3) is 0 Å². The van der Waals surface area contributed by atoms with Gasteiger partial charge in [0.1, 0.15) is 5.54 Å². The molecule has 20 heavy (non-hydrogen) atoms. The van der Waals surface area contributed by atoms with Crippen molar-refractivity contribution in [2.45, 2.75) is 51.0 Å². The first-order chi connectivity index (χ1) is 9.44. The predicted octanol–water partition coefficient (Wildman–Crippen LogP) is 0.662. The summed E-state index contributed by atoms with van der Waals surface area (Å²) in [4.78, 5) is 34.7. The highest BCUT2D eigenvalue weighted by molar-refractivity contribution is 5.87. The number of hydrogen-bond donors (Lipinski definition) is 3. The number of aliphatic carboxylic acids is 1. The number of carbonyl (C=O) groups excluding carboxylic acids is 2. The maximum absolute atomic E-state index is 11.8. The zero-order chi connectivity index (χ0) is 14.8. The Morgan fingerprint density at radius 2 is 1.85 bits per heavy atom. The van der Waals surface area contributed by atoms with Crippen LogP contribution in [-0.2, 0) is 14.4 Å². The molecule has 6 nitrogen and oxygen atoms in total. The molecule has 0 aromatic rings. The molecule has 0 saturated heterocycles. The molecule has 0 spiro atoms. The van der Waals surface area contributed by atoms with Gasteiger partial charge in [0.05, 0.1) is 0 Å². The fraction of sp³-hybridized carbons (Fsp3) is 0.786. The molecule has 0 aromatic carbocycles. The Hall–Kier alpha value is -1.59. The summed E-state index contributed by atoms with van der Waals surface area (Å²) in [5.74, 6) is -0.729. The van der Waals surface area contributed by atoms with Crippen LogP contribution in [0.15, 0.2) is 0 Å². The normalized spacial score (nSPS) is 26.9. The van der Waals surface area contributed by atoms with Crippen molar-refractivity contribution in [2.24, 2.45) is 11.8 Å². The van der Waals surface area contributed by atoms with Gasteiger partial charge in [-0.25, -0.2) is 4.79 Å². The summed E-state index contributed by atoms with van der Waals surface area (Å²) in [6.45, 7) is 2.29. The summed E-state index contributed by atoms with van der Waals surface area (Å²) in [7, 11) is 0. The van der Waals surface area contributed by atoms with Crippen molar-refractivity contribution in [1.82, 2.24) is 10.6 Å². The van der Waals surface area contributed by atoms with Crippen LogP contribution in [0.2, 0.25) is 0 Å². The van der Waals surface area contributed by atoms with Crippen molar-refractivity contribution in [3.8, 4) is 0 Å². The quantitative estimate of drug-likeness (QED) is 0.667. The molecular formula is C14H22N2O4. The second kappa shape index (κ2) is 5.81. The van der Waals surface area contributed by atoms with Gasteiger partial charge in [-0.15, -0.1) is 0 Å². The predicted molar refractivity (Wildman–Crippen MR) is 71.9 cm³/mol. The third-order valence-corrected chi connectivity index (χ3v) is 4.34. The lowest BCUT2D eigenvalue weighted by Crippen LogP contribution is -2.53. The number of rotatable bonds is 6. The first kappa shape index (κ1) is 14.8.